The first-order valence-corrected chi connectivity index (χ1v) is 10.5. The summed E-state index contributed by atoms with van der Waals surface area (Å²) < 4.78 is 34.1. The van der Waals surface area contributed by atoms with E-state index in [-0.39, 0.29) is 10.8 Å². The quantitative estimate of drug-likeness (QED) is 0.651. The van der Waals surface area contributed by atoms with Crippen LogP contribution in [0.4, 0.5) is 10.8 Å². The Morgan fingerprint density at radius 3 is 2.67 bits per heavy atom. The summed E-state index contributed by atoms with van der Waals surface area (Å²) in [5.74, 6) is 0.275. The van der Waals surface area contributed by atoms with Gasteiger partial charge >= 0.3 is 0 Å². The van der Waals surface area contributed by atoms with Gasteiger partial charge in [0.15, 0.2) is 5.13 Å². The van der Waals surface area contributed by atoms with E-state index in [0.717, 1.165) is 0 Å². The molecule has 0 atom stereocenters. The number of aryl methyl sites for hydroxylation is 1. The number of carbonyl (C=O) groups excluding carboxylic acids is 1. The van der Waals surface area contributed by atoms with Gasteiger partial charge in [0.2, 0.25) is 5.91 Å². The molecule has 142 valence electrons. The van der Waals surface area contributed by atoms with Crippen LogP contribution in [0.1, 0.15) is 18.9 Å². The Morgan fingerprint density at radius 2 is 2.00 bits per heavy atom. The van der Waals surface area contributed by atoms with E-state index in [2.05, 4.69) is 15.0 Å². The van der Waals surface area contributed by atoms with Gasteiger partial charge in [-0.2, -0.15) is 0 Å². The molecule has 0 aliphatic carbocycles. The number of thiazole rings is 1. The number of amides is 1. The normalized spacial score (nSPS) is 11.4. The van der Waals surface area contributed by atoms with E-state index in [1.54, 1.807) is 50.2 Å². The third-order valence-electron chi connectivity index (χ3n) is 3.88. The van der Waals surface area contributed by atoms with Crippen LogP contribution in [0, 0.1) is 6.92 Å². The number of hydrogen-bond donors (Lipinski definition) is 2. The van der Waals surface area contributed by atoms with Gasteiger partial charge in [-0.05, 0) is 24.6 Å². The zero-order valence-corrected chi connectivity index (χ0v) is 16.7. The minimum absolute atomic E-state index is 0.145. The van der Waals surface area contributed by atoms with Crippen LogP contribution in [0.2, 0.25) is 0 Å². The zero-order chi connectivity index (χ0) is 19.6. The minimum Gasteiger partial charge on any atom is -0.494 e. The number of fused-ring (bicyclic) bond motifs is 1. The Hall–Kier alpha value is -2.65. The number of hydrogen-bond acceptors (Lipinski definition) is 6. The third-order valence-corrected chi connectivity index (χ3v) is 6.34. The van der Waals surface area contributed by atoms with E-state index in [0.29, 0.717) is 38.8 Å². The Morgan fingerprint density at radius 1 is 1.26 bits per heavy atom. The summed E-state index contributed by atoms with van der Waals surface area (Å²) in [6.07, 6.45) is 0.342. The maximum absolute atomic E-state index is 12.7. The van der Waals surface area contributed by atoms with Crippen molar-refractivity contribution in [2.24, 2.45) is 0 Å². The first-order chi connectivity index (χ1) is 12.8. The van der Waals surface area contributed by atoms with Crippen LogP contribution < -0.4 is 14.8 Å². The monoisotopic (exact) mass is 405 g/mol. The second-order valence-electron chi connectivity index (χ2n) is 5.82. The molecule has 0 bridgehead atoms. The number of rotatable bonds is 6. The zero-order valence-electron chi connectivity index (χ0n) is 15.1. The van der Waals surface area contributed by atoms with Crippen molar-refractivity contribution >= 4 is 48.3 Å². The first-order valence-electron chi connectivity index (χ1n) is 8.21. The van der Waals surface area contributed by atoms with Crippen LogP contribution in [0.3, 0.4) is 0 Å². The average Bonchev–Trinajstić information content (AvgIpc) is 3.02. The highest BCUT2D eigenvalue weighted by Crippen LogP contribution is 2.36. The van der Waals surface area contributed by atoms with E-state index < -0.39 is 10.0 Å². The molecule has 1 heterocycles. The number of benzene rings is 2. The van der Waals surface area contributed by atoms with Crippen molar-refractivity contribution in [2.45, 2.75) is 25.2 Å². The van der Waals surface area contributed by atoms with Crippen LogP contribution >= 0.6 is 11.3 Å². The summed E-state index contributed by atoms with van der Waals surface area (Å²) in [4.78, 5) is 16.2. The summed E-state index contributed by atoms with van der Waals surface area (Å²) in [5, 5.41) is 3.15. The smallest absolute Gasteiger partial charge is 0.262 e. The summed E-state index contributed by atoms with van der Waals surface area (Å²) in [7, 11) is -2.26. The Kier molecular flexibility index (Phi) is 5.33. The Labute approximate surface area is 161 Å². The molecule has 0 aliphatic rings. The van der Waals surface area contributed by atoms with Crippen molar-refractivity contribution in [1.82, 2.24) is 4.98 Å². The molecule has 1 amide bonds. The molecule has 0 spiro atoms. The fraction of sp³-hybridized carbons (Fsp3) is 0.222. The van der Waals surface area contributed by atoms with Gasteiger partial charge in [-0.25, -0.2) is 13.4 Å². The fourth-order valence-electron chi connectivity index (χ4n) is 2.54. The van der Waals surface area contributed by atoms with E-state index >= 15 is 0 Å². The molecule has 2 N–H and O–H groups in total. The maximum Gasteiger partial charge on any atom is 0.262 e. The molecule has 9 heteroatoms. The predicted molar refractivity (Wildman–Crippen MR) is 107 cm³/mol. The van der Waals surface area contributed by atoms with Gasteiger partial charge in [0.1, 0.15) is 11.3 Å². The standard InChI is InChI=1S/C18H19N3O4S2/c1-4-16(22)19-18-20-17-13(25-3)9-12(10-14(17)26-18)21-27(23,24)15-8-6-5-7-11(15)2/h5-10,21H,4H2,1-3H3,(H,19,20,22). The SMILES string of the molecule is CCC(=O)Nc1nc2c(OC)cc(NS(=O)(=O)c3ccccc3C)cc2s1. The lowest BCUT2D eigenvalue weighted by Crippen LogP contribution is -2.14. The minimum atomic E-state index is -3.74. The second kappa shape index (κ2) is 7.53. The number of methoxy groups -OCH3 is 1. The van der Waals surface area contributed by atoms with Gasteiger partial charge in [-0.3, -0.25) is 9.52 Å². The lowest BCUT2D eigenvalue weighted by atomic mass is 10.2. The summed E-state index contributed by atoms with van der Waals surface area (Å²) >= 11 is 1.25. The average molecular weight is 406 g/mol. The van der Waals surface area contributed by atoms with Crippen molar-refractivity contribution in [3.05, 3.63) is 42.0 Å². The van der Waals surface area contributed by atoms with Gasteiger partial charge in [0, 0.05) is 12.5 Å². The largest absolute Gasteiger partial charge is 0.494 e. The van der Waals surface area contributed by atoms with Crippen LogP contribution in [0.25, 0.3) is 10.2 Å². The maximum atomic E-state index is 12.7. The fourth-order valence-corrected chi connectivity index (χ4v) is 4.77. The van der Waals surface area contributed by atoms with E-state index in [4.69, 9.17) is 4.74 Å². The van der Waals surface area contributed by atoms with Gasteiger partial charge in [0.05, 0.1) is 22.4 Å². The first kappa shape index (κ1) is 19.1. The van der Waals surface area contributed by atoms with E-state index in [1.165, 1.54) is 18.4 Å². The molecule has 3 rings (SSSR count). The predicted octanol–water partition coefficient (Wildman–Crippen LogP) is 3.76. The van der Waals surface area contributed by atoms with Crippen LogP contribution in [0.15, 0.2) is 41.3 Å². The molecule has 2 aromatic carbocycles. The van der Waals surface area contributed by atoms with E-state index in [1.807, 2.05) is 0 Å². The molecule has 0 unspecified atom stereocenters. The number of nitrogens with zero attached hydrogens (tertiary/aromatic N) is 1. The molecule has 0 fully saturated rings. The molecule has 0 saturated carbocycles. The highest BCUT2D eigenvalue weighted by molar-refractivity contribution is 7.92. The number of nitrogens with one attached hydrogen (secondary N) is 2. The lowest BCUT2D eigenvalue weighted by Gasteiger charge is -2.11. The highest BCUT2D eigenvalue weighted by atomic mass is 32.2. The van der Waals surface area contributed by atoms with Crippen molar-refractivity contribution < 1.29 is 17.9 Å². The van der Waals surface area contributed by atoms with Crippen molar-refractivity contribution in [2.75, 3.05) is 17.1 Å². The molecule has 7 nitrogen and oxygen atoms in total. The number of carbonyl (C=O) groups is 1. The third kappa shape index (κ3) is 4.04. The van der Waals surface area contributed by atoms with Crippen molar-refractivity contribution in [3.8, 4) is 5.75 Å². The second-order valence-corrected chi connectivity index (χ2v) is 8.50. The van der Waals surface area contributed by atoms with Crippen molar-refractivity contribution in [3.63, 3.8) is 0 Å². The molecule has 27 heavy (non-hydrogen) atoms. The van der Waals surface area contributed by atoms with Gasteiger partial charge in [-0.1, -0.05) is 36.5 Å². The van der Waals surface area contributed by atoms with Crippen LogP contribution in [-0.2, 0) is 14.8 Å². The molecular formula is C18H19N3O4S2. The molecule has 0 radical (unpaired) electrons. The lowest BCUT2D eigenvalue weighted by molar-refractivity contribution is -0.115. The van der Waals surface area contributed by atoms with Crippen molar-refractivity contribution in [1.29, 1.82) is 0 Å². The van der Waals surface area contributed by atoms with Gasteiger partial charge < -0.3 is 10.1 Å². The molecule has 0 aliphatic heterocycles. The number of anilines is 2. The van der Waals surface area contributed by atoms with Crippen LogP contribution in [-0.4, -0.2) is 26.4 Å². The number of aromatic nitrogens is 1. The summed E-state index contributed by atoms with van der Waals surface area (Å²) in [6.45, 7) is 3.49. The van der Waals surface area contributed by atoms with Gasteiger partial charge in [0.25, 0.3) is 10.0 Å². The summed E-state index contributed by atoms with van der Waals surface area (Å²) in [6, 6.07) is 10.0. The molecule has 0 saturated heterocycles. The summed E-state index contributed by atoms with van der Waals surface area (Å²) in [5.41, 5.74) is 1.58. The topological polar surface area (TPSA) is 97.4 Å². The molecule has 3 aromatic rings. The van der Waals surface area contributed by atoms with E-state index in [9.17, 15) is 13.2 Å². The van der Waals surface area contributed by atoms with Gasteiger partial charge in [-0.15, -0.1) is 0 Å². The number of ether oxygens (including phenoxy) is 1. The van der Waals surface area contributed by atoms with Crippen LogP contribution in [0.5, 0.6) is 5.75 Å². The Bertz CT molecular complexity index is 1110. The Balaban J connectivity index is 2.00. The number of sulfonamides is 1. The molecule has 1 aromatic heterocycles. The molecular weight excluding hydrogens is 386 g/mol. The highest BCUT2D eigenvalue weighted by Gasteiger charge is 2.19.